The summed E-state index contributed by atoms with van der Waals surface area (Å²) in [5.74, 6) is 0. The second kappa shape index (κ2) is 6.51. The van der Waals surface area contributed by atoms with E-state index in [1.54, 1.807) is 13.8 Å². The highest BCUT2D eigenvalue weighted by Crippen LogP contribution is 2.18. The maximum Gasteiger partial charge on any atom is 0.109 e. The second-order valence-corrected chi connectivity index (χ2v) is 4.39. The molecule has 0 bridgehead atoms. The minimum atomic E-state index is -0.566. The second-order valence-electron chi connectivity index (χ2n) is 4.39. The van der Waals surface area contributed by atoms with Crippen LogP contribution in [0.15, 0.2) is 0 Å². The summed E-state index contributed by atoms with van der Waals surface area (Å²) in [4.78, 5) is 0. The van der Waals surface area contributed by atoms with Gasteiger partial charge >= 0.3 is 0 Å². The van der Waals surface area contributed by atoms with Crippen LogP contribution < -0.4 is 0 Å². The predicted molar refractivity (Wildman–Crippen MR) is 58.3 cm³/mol. The third-order valence-electron chi connectivity index (χ3n) is 2.32. The molecule has 16 heavy (non-hydrogen) atoms. The first kappa shape index (κ1) is 13.9. The van der Waals surface area contributed by atoms with Gasteiger partial charge in [-0.2, -0.15) is 0 Å². The Bertz CT molecular complexity index is 189. The zero-order valence-corrected chi connectivity index (χ0v) is 10.1. The Labute approximate surface area is 96.3 Å². The van der Waals surface area contributed by atoms with Gasteiger partial charge in [0, 0.05) is 0 Å². The molecular formula is C11H22O5. The van der Waals surface area contributed by atoms with E-state index in [0.29, 0.717) is 12.7 Å². The quantitative estimate of drug-likeness (QED) is 0.652. The summed E-state index contributed by atoms with van der Waals surface area (Å²) in [6.07, 6.45) is -0.801. The molecule has 5 heteroatoms. The van der Waals surface area contributed by atoms with Crippen LogP contribution in [0.2, 0.25) is 0 Å². The van der Waals surface area contributed by atoms with E-state index in [4.69, 9.17) is 19.3 Å². The first-order chi connectivity index (χ1) is 7.50. The molecule has 0 aliphatic carbocycles. The van der Waals surface area contributed by atoms with E-state index < -0.39 is 12.2 Å². The molecule has 0 aromatic rings. The minimum Gasteiger partial charge on any atom is -0.391 e. The fourth-order valence-electron chi connectivity index (χ4n) is 1.04. The maximum atomic E-state index is 9.44. The summed E-state index contributed by atoms with van der Waals surface area (Å²) < 4.78 is 14.8. The molecule has 2 aliphatic heterocycles. The Balaban J connectivity index is 0.000000267. The van der Waals surface area contributed by atoms with Crippen molar-refractivity contribution in [2.45, 2.75) is 51.3 Å². The van der Waals surface area contributed by atoms with Crippen molar-refractivity contribution in [3.05, 3.63) is 0 Å². The smallest absolute Gasteiger partial charge is 0.109 e. The number of aliphatic hydroxyl groups is 2. The van der Waals surface area contributed by atoms with Crippen molar-refractivity contribution in [2.75, 3.05) is 19.8 Å². The summed E-state index contributed by atoms with van der Waals surface area (Å²) in [7, 11) is 0. The van der Waals surface area contributed by atoms with Crippen LogP contribution in [-0.2, 0) is 14.2 Å². The van der Waals surface area contributed by atoms with Crippen molar-refractivity contribution in [2.24, 2.45) is 0 Å². The number of hydrogen-bond donors (Lipinski definition) is 2. The summed E-state index contributed by atoms with van der Waals surface area (Å²) in [5, 5.41) is 18.3. The molecule has 2 saturated heterocycles. The molecule has 0 aromatic heterocycles. The molecule has 0 amide bonds. The van der Waals surface area contributed by atoms with Gasteiger partial charge in [0.05, 0.1) is 38.1 Å². The third kappa shape index (κ3) is 6.40. The van der Waals surface area contributed by atoms with Crippen molar-refractivity contribution >= 4 is 0 Å². The minimum absolute atomic E-state index is 0.0611. The molecule has 0 radical (unpaired) electrons. The Hall–Kier alpha value is -0.200. The molecule has 0 spiro atoms. The highest BCUT2D eigenvalue weighted by atomic mass is 16.6. The van der Waals surface area contributed by atoms with Crippen LogP contribution in [0.4, 0.5) is 0 Å². The number of aliphatic hydroxyl groups excluding tert-OH is 2. The lowest BCUT2D eigenvalue weighted by Gasteiger charge is -2.18. The lowest BCUT2D eigenvalue weighted by atomic mass is 10.2. The topological polar surface area (TPSA) is 74.8 Å². The van der Waals surface area contributed by atoms with Crippen molar-refractivity contribution in [1.29, 1.82) is 0 Å². The Morgan fingerprint density at radius 3 is 2.06 bits per heavy atom. The van der Waals surface area contributed by atoms with Crippen molar-refractivity contribution in [3.8, 4) is 0 Å². The highest BCUT2D eigenvalue weighted by Gasteiger charge is 2.35. The van der Waals surface area contributed by atoms with E-state index >= 15 is 0 Å². The first-order valence-corrected chi connectivity index (χ1v) is 5.71. The van der Waals surface area contributed by atoms with Gasteiger partial charge in [-0.25, -0.2) is 0 Å². The maximum absolute atomic E-state index is 9.44. The van der Waals surface area contributed by atoms with E-state index in [0.717, 1.165) is 6.61 Å². The molecule has 0 saturated carbocycles. The number of rotatable bonds is 5. The first-order valence-electron chi connectivity index (χ1n) is 5.71. The standard InChI is InChI=1S/C8H16O4.C3H6O/c1-5(9)3-11-6(2)8(10)7-4-12-7;1-3-2-4-3/h5-10H,3-4H2,1-2H3;3H,2H2,1H3. The number of ether oxygens (including phenoxy) is 3. The average molecular weight is 234 g/mol. The van der Waals surface area contributed by atoms with Gasteiger partial charge in [-0.15, -0.1) is 0 Å². The fourth-order valence-corrected chi connectivity index (χ4v) is 1.04. The lowest BCUT2D eigenvalue weighted by molar-refractivity contribution is -0.0613. The Kier molecular flexibility index (Phi) is 5.64. The van der Waals surface area contributed by atoms with Gasteiger partial charge in [0.2, 0.25) is 0 Å². The molecular weight excluding hydrogens is 212 g/mol. The van der Waals surface area contributed by atoms with E-state index in [1.807, 2.05) is 0 Å². The van der Waals surface area contributed by atoms with Crippen LogP contribution in [0.25, 0.3) is 0 Å². The normalized spacial score (nSPS) is 32.1. The SMILES string of the molecule is CC(O)COC(C)C(O)C1CO1.CC1CO1. The van der Waals surface area contributed by atoms with Crippen LogP contribution in [0.1, 0.15) is 20.8 Å². The molecule has 2 heterocycles. The molecule has 5 atom stereocenters. The van der Waals surface area contributed by atoms with E-state index in [1.165, 1.54) is 0 Å². The lowest BCUT2D eigenvalue weighted by Crippen LogP contribution is -2.32. The van der Waals surface area contributed by atoms with Gasteiger partial charge in [-0.1, -0.05) is 0 Å². The van der Waals surface area contributed by atoms with E-state index in [-0.39, 0.29) is 18.8 Å². The largest absolute Gasteiger partial charge is 0.391 e. The fraction of sp³-hybridized carbons (Fsp3) is 1.00. The summed E-state index contributed by atoms with van der Waals surface area (Å²) >= 11 is 0. The van der Waals surface area contributed by atoms with Crippen LogP contribution in [0.5, 0.6) is 0 Å². The zero-order chi connectivity index (χ0) is 12.1. The molecule has 0 aromatic carbocycles. The monoisotopic (exact) mass is 234 g/mol. The van der Waals surface area contributed by atoms with Gasteiger partial charge < -0.3 is 24.4 Å². The molecule has 2 N–H and O–H groups in total. The Morgan fingerprint density at radius 2 is 1.75 bits per heavy atom. The molecule has 2 fully saturated rings. The van der Waals surface area contributed by atoms with Crippen molar-refractivity contribution in [1.82, 2.24) is 0 Å². The Morgan fingerprint density at radius 1 is 1.25 bits per heavy atom. The summed E-state index contributed by atoms with van der Waals surface area (Å²) in [6.45, 7) is 7.33. The average Bonchev–Trinajstić information content (AvgIpc) is 3.07. The van der Waals surface area contributed by atoms with Gasteiger partial charge in [-0.3, -0.25) is 0 Å². The molecule has 2 aliphatic rings. The molecule has 5 unspecified atom stereocenters. The van der Waals surface area contributed by atoms with Gasteiger partial charge in [-0.05, 0) is 20.8 Å². The zero-order valence-electron chi connectivity index (χ0n) is 10.1. The van der Waals surface area contributed by atoms with Crippen LogP contribution >= 0.6 is 0 Å². The van der Waals surface area contributed by atoms with Gasteiger partial charge in [0.15, 0.2) is 0 Å². The highest BCUT2D eigenvalue weighted by molar-refractivity contribution is 4.82. The molecule has 2 rings (SSSR count). The van der Waals surface area contributed by atoms with Crippen LogP contribution in [0.3, 0.4) is 0 Å². The third-order valence-corrected chi connectivity index (χ3v) is 2.32. The van der Waals surface area contributed by atoms with Crippen molar-refractivity contribution < 1.29 is 24.4 Å². The number of hydrogen-bond acceptors (Lipinski definition) is 5. The summed E-state index contributed by atoms with van der Waals surface area (Å²) in [5.41, 5.74) is 0. The van der Waals surface area contributed by atoms with Crippen molar-refractivity contribution in [3.63, 3.8) is 0 Å². The molecule has 96 valence electrons. The van der Waals surface area contributed by atoms with E-state index in [9.17, 15) is 5.11 Å². The van der Waals surface area contributed by atoms with Crippen LogP contribution in [0, 0.1) is 0 Å². The van der Waals surface area contributed by atoms with Gasteiger partial charge in [0.25, 0.3) is 0 Å². The summed E-state index contributed by atoms with van der Waals surface area (Å²) in [6, 6.07) is 0. The van der Waals surface area contributed by atoms with Crippen LogP contribution in [-0.4, -0.2) is 60.6 Å². The van der Waals surface area contributed by atoms with Gasteiger partial charge in [0.1, 0.15) is 12.2 Å². The molecule has 5 nitrogen and oxygen atoms in total. The van der Waals surface area contributed by atoms with E-state index in [2.05, 4.69) is 6.92 Å². The number of epoxide rings is 2. The predicted octanol–water partition coefficient (Wildman–Crippen LogP) is -0.0629.